The van der Waals surface area contributed by atoms with Gasteiger partial charge in [0.2, 0.25) is 0 Å². The number of carbonyl (C=O) groups excluding carboxylic acids is 2. The van der Waals surface area contributed by atoms with Crippen LogP contribution in [0.5, 0.6) is 0 Å². The number of hydrogen-bond acceptors (Lipinski definition) is 5. The summed E-state index contributed by atoms with van der Waals surface area (Å²) in [7, 11) is 0. The second-order valence-electron chi connectivity index (χ2n) is 7.70. The summed E-state index contributed by atoms with van der Waals surface area (Å²) in [5.41, 5.74) is 3.93. The van der Waals surface area contributed by atoms with Gasteiger partial charge in [-0.3, -0.25) is 23.7 Å². The van der Waals surface area contributed by atoms with Crippen molar-refractivity contribution in [2.45, 2.75) is 13.5 Å². The molecular weight excluding hydrogens is 410 g/mol. The smallest absolute Gasteiger partial charge is 0.266 e. The maximum Gasteiger partial charge on any atom is 0.266 e. The predicted molar refractivity (Wildman–Crippen MR) is 120 cm³/mol. The molecule has 5 aromatic rings. The minimum atomic E-state index is -0.315. The Kier molecular flexibility index (Phi) is 3.67. The summed E-state index contributed by atoms with van der Waals surface area (Å²) in [6.07, 6.45) is 0. The fourth-order valence-electron chi connectivity index (χ4n) is 4.14. The minimum Gasteiger partial charge on any atom is -0.270 e. The van der Waals surface area contributed by atoms with Crippen LogP contribution in [0.1, 0.15) is 31.8 Å². The third-order valence-corrected chi connectivity index (χ3v) is 6.68. The van der Waals surface area contributed by atoms with Gasteiger partial charge in [-0.2, -0.15) is 0 Å². The number of nitrogens with zero attached hydrogens (tertiary/aromatic N) is 3. The lowest BCUT2D eigenvalue weighted by Gasteiger charge is -2.14. The molecule has 0 spiro atoms. The summed E-state index contributed by atoms with van der Waals surface area (Å²) >= 11 is 1.48. The van der Waals surface area contributed by atoms with E-state index in [1.807, 2.05) is 31.2 Å². The van der Waals surface area contributed by atoms with Gasteiger partial charge in [0.15, 0.2) is 4.96 Å². The maximum atomic E-state index is 13.3. The van der Waals surface area contributed by atoms with Crippen molar-refractivity contribution in [2.75, 3.05) is 0 Å². The normalized spacial score (nSPS) is 13.6. The van der Waals surface area contributed by atoms with Crippen molar-refractivity contribution in [3.63, 3.8) is 0 Å². The van der Waals surface area contributed by atoms with E-state index in [1.54, 1.807) is 40.8 Å². The van der Waals surface area contributed by atoms with Crippen molar-refractivity contribution < 1.29 is 9.59 Å². The second kappa shape index (κ2) is 6.33. The van der Waals surface area contributed by atoms with E-state index in [2.05, 4.69) is 4.98 Å². The van der Waals surface area contributed by atoms with Crippen molar-refractivity contribution in [2.24, 2.45) is 0 Å². The number of amides is 2. The lowest BCUT2D eigenvalue weighted by Crippen LogP contribution is -2.29. The first-order valence-corrected chi connectivity index (χ1v) is 10.6. The number of aryl methyl sites for hydroxylation is 1. The first-order chi connectivity index (χ1) is 15.0. The van der Waals surface area contributed by atoms with Crippen LogP contribution in [0, 0.1) is 6.92 Å². The van der Waals surface area contributed by atoms with E-state index < -0.39 is 0 Å². The van der Waals surface area contributed by atoms with Crippen LogP contribution in [0.25, 0.3) is 26.1 Å². The molecule has 1 aliphatic rings. The average molecular weight is 425 g/mol. The number of imide groups is 1. The molecule has 3 aromatic carbocycles. The van der Waals surface area contributed by atoms with Crippen LogP contribution >= 0.6 is 11.3 Å². The van der Waals surface area contributed by atoms with Gasteiger partial charge in [-0.15, -0.1) is 0 Å². The zero-order valence-electron chi connectivity index (χ0n) is 16.5. The molecule has 2 amide bonds. The Hall–Kier alpha value is -3.84. The molecule has 0 saturated carbocycles. The van der Waals surface area contributed by atoms with E-state index in [0.29, 0.717) is 32.6 Å². The SMILES string of the molecule is Cc1ccc2c(c1)sc1nc3ccc(CN4C(=O)c5ccccc5C4=O)cc3c(=O)n12. The predicted octanol–water partition coefficient (Wildman–Crippen LogP) is 4.17. The van der Waals surface area contributed by atoms with Crippen LogP contribution in [-0.4, -0.2) is 26.1 Å². The summed E-state index contributed by atoms with van der Waals surface area (Å²) in [4.78, 5) is 45.2. The highest BCUT2D eigenvalue weighted by Gasteiger charge is 2.35. The van der Waals surface area contributed by atoms with Crippen molar-refractivity contribution in [1.29, 1.82) is 0 Å². The Morgan fingerprint density at radius 2 is 1.65 bits per heavy atom. The lowest BCUT2D eigenvalue weighted by atomic mass is 10.1. The molecule has 0 aliphatic carbocycles. The number of thiazole rings is 1. The van der Waals surface area contributed by atoms with Gasteiger partial charge in [-0.25, -0.2) is 4.98 Å². The van der Waals surface area contributed by atoms with Gasteiger partial charge in [-0.05, 0) is 54.4 Å². The van der Waals surface area contributed by atoms with Crippen LogP contribution in [-0.2, 0) is 6.54 Å². The number of rotatable bonds is 2. The summed E-state index contributed by atoms with van der Waals surface area (Å²) in [5.74, 6) is -0.629. The van der Waals surface area contributed by atoms with Gasteiger partial charge in [0.25, 0.3) is 17.4 Å². The summed E-state index contributed by atoms with van der Waals surface area (Å²) in [6, 6.07) is 18.1. The Morgan fingerprint density at radius 1 is 0.903 bits per heavy atom. The largest absolute Gasteiger partial charge is 0.270 e. The number of hydrogen-bond donors (Lipinski definition) is 0. The Labute approximate surface area is 180 Å². The molecule has 0 atom stereocenters. The minimum absolute atomic E-state index is 0.105. The molecule has 0 fully saturated rings. The maximum absolute atomic E-state index is 13.3. The first-order valence-electron chi connectivity index (χ1n) is 9.81. The molecule has 0 bridgehead atoms. The van der Waals surface area contributed by atoms with E-state index in [0.717, 1.165) is 15.8 Å². The third-order valence-electron chi connectivity index (χ3n) is 5.68. The molecule has 0 N–H and O–H groups in total. The molecular formula is C24H15N3O3S. The highest BCUT2D eigenvalue weighted by atomic mass is 32.1. The van der Waals surface area contributed by atoms with E-state index >= 15 is 0 Å². The molecule has 6 rings (SSSR count). The van der Waals surface area contributed by atoms with Gasteiger partial charge in [-0.1, -0.05) is 35.6 Å². The fraction of sp³-hybridized carbons (Fsp3) is 0.0833. The molecule has 2 aromatic heterocycles. The van der Waals surface area contributed by atoms with Gasteiger partial charge < -0.3 is 0 Å². The number of benzene rings is 3. The Bertz CT molecular complexity index is 1610. The number of carbonyl (C=O) groups is 2. The molecule has 31 heavy (non-hydrogen) atoms. The van der Waals surface area contributed by atoms with E-state index in [-0.39, 0.29) is 23.9 Å². The van der Waals surface area contributed by atoms with E-state index in [9.17, 15) is 14.4 Å². The zero-order valence-corrected chi connectivity index (χ0v) is 17.3. The topological polar surface area (TPSA) is 71.8 Å². The quantitative estimate of drug-likeness (QED) is 0.398. The molecule has 150 valence electrons. The van der Waals surface area contributed by atoms with Crippen LogP contribution in [0.15, 0.2) is 65.5 Å². The Balaban J connectivity index is 1.47. The second-order valence-corrected chi connectivity index (χ2v) is 8.71. The zero-order chi connectivity index (χ0) is 21.3. The van der Waals surface area contributed by atoms with Crippen molar-refractivity contribution in [1.82, 2.24) is 14.3 Å². The lowest BCUT2D eigenvalue weighted by molar-refractivity contribution is 0.0642. The van der Waals surface area contributed by atoms with Crippen molar-refractivity contribution >= 4 is 49.2 Å². The molecule has 0 saturated heterocycles. The summed E-state index contributed by atoms with van der Waals surface area (Å²) < 4.78 is 2.64. The van der Waals surface area contributed by atoms with Gasteiger partial charge >= 0.3 is 0 Å². The van der Waals surface area contributed by atoms with E-state index in [4.69, 9.17) is 0 Å². The fourth-order valence-corrected chi connectivity index (χ4v) is 5.27. The average Bonchev–Trinajstić information content (AvgIpc) is 3.24. The molecule has 1 aliphatic heterocycles. The van der Waals surface area contributed by atoms with Gasteiger partial charge in [0.1, 0.15) is 0 Å². The molecule has 6 nitrogen and oxygen atoms in total. The molecule has 0 unspecified atom stereocenters. The molecule has 3 heterocycles. The first kappa shape index (κ1) is 18.0. The standard InChI is InChI=1S/C24H15N3O3S/c1-13-6-9-19-20(10-13)31-24-25-18-8-7-14(11-17(18)23(30)27(19)24)12-26-21(28)15-4-2-3-5-16(15)22(26)29/h2-11H,12H2,1H3. The van der Waals surface area contributed by atoms with Crippen LogP contribution in [0.2, 0.25) is 0 Å². The molecule has 7 heteroatoms. The van der Waals surface area contributed by atoms with Crippen molar-refractivity contribution in [3.05, 3.63) is 93.3 Å². The number of aromatic nitrogens is 2. The van der Waals surface area contributed by atoms with Crippen molar-refractivity contribution in [3.8, 4) is 0 Å². The van der Waals surface area contributed by atoms with Gasteiger partial charge in [0, 0.05) is 0 Å². The highest BCUT2D eigenvalue weighted by Crippen LogP contribution is 2.28. The Morgan fingerprint density at radius 3 is 2.39 bits per heavy atom. The highest BCUT2D eigenvalue weighted by molar-refractivity contribution is 7.23. The summed E-state index contributed by atoms with van der Waals surface area (Å²) in [5, 5.41) is 0.465. The third kappa shape index (κ3) is 2.56. The monoisotopic (exact) mass is 425 g/mol. The number of fused-ring (bicyclic) bond motifs is 5. The van der Waals surface area contributed by atoms with Crippen LogP contribution < -0.4 is 5.56 Å². The molecule has 0 radical (unpaired) electrons. The van der Waals surface area contributed by atoms with Crippen LogP contribution in [0.3, 0.4) is 0 Å². The van der Waals surface area contributed by atoms with E-state index in [1.165, 1.54) is 16.2 Å². The van der Waals surface area contributed by atoms with Crippen LogP contribution in [0.4, 0.5) is 0 Å². The van der Waals surface area contributed by atoms with Gasteiger partial charge in [0.05, 0.1) is 38.8 Å². The summed E-state index contributed by atoms with van der Waals surface area (Å²) in [6.45, 7) is 2.12.